The highest BCUT2D eigenvalue weighted by Gasteiger charge is 2.10. The Labute approximate surface area is 102 Å². The van der Waals surface area contributed by atoms with Gasteiger partial charge in [0, 0.05) is 19.6 Å². The first kappa shape index (κ1) is 13.4. The van der Waals surface area contributed by atoms with Crippen LogP contribution in [-0.2, 0) is 29.7 Å². The minimum atomic E-state index is -3.10. The Morgan fingerprint density at radius 2 is 2.00 bits per heavy atom. The molecule has 2 N–H and O–H groups in total. The van der Waals surface area contributed by atoms with E-state index in [9.17, 15) is 8.42 Å². The van der Waals surface area contributed by atoms with Gasteiger partial charge in [-0.05, 0) is 16.7 Å². The van der Waals surface area contributed by atoms with E-state index in [2.05, 4.69) is 16.1 Å². The molecular weight excluding hydrogens is 248 g/mol. The van der Waals surface area contributed by atoms with Gasteiger partial charge in [0.2, 0.25) is 10.0 Å². The fourth-order valence-corrected chi connectivity index (χ4v) is 2.10. The summed E-state index contributed by atoms with van der Waals surface area (Å²) >= 11 is 0. The Morgan fingerprint density at radius 3 is 2.69 bits per heavy atom. The van der Waals surface area contributed by atoms with Crippen molar-refractivity contribution >= 4 is 22.4 Å². The topological polar surface area (TPSA) is 58.2 Å². The summed E-state index contributed by atoms with van der Waals surface area (Å²) in [5, 5.41) is 3.25. The van der Waals surface area contributed by atoms with Gasteiger partial charge < -0.3 is 5.32 Å². The third-order valence-corrected chi connectivity index (χ3v) is 3.11. The van der Waals surface area contributed by atoms with E-state index >= 15 is 0 Å². The molecule has 4 nitrogen and oxygen atoms in total. The summed E-state index contributed by atoms with van der Waals surface area (Å²) in [7, 11) is -3.10. The van der Waals surface area contributed by atoms with Crippen molar-refractivity contribution in [3.63, 3.8) is 0 Å². The van der Waals surface area contributed by atoms with Crippen LogP contribution in [0.15, 0.2) is 18.2 Å². The molecule has 90 valence electrons. The van der Waals surface area contributed by atoms with Gasteiger partial charge in [0.15, 0.2) is 0 Å². The number of benzene rings is 1. The van der Waals surface area contributed by atoms with E-state index in [1.165, 1.54) is 17.4 Å². The lowest BCUT2D eigenvalue weighted by molar-refractivity contribution is 0.587. The van der Waals surface area contributed by atoms with Crippen molar-refractivity contribution in [1.29, 1.82) is 0 Å². The molecule has 6 heteroatoms. The van der Waals surface area contributed by atoms with Crippen molar-refractivity contribution in [3.8, 4) is 0 Å². The second-order valence-electron chi connectivity index (χ2n) is 3.80. The predicted octanol–water partition coefficient (Wildman–Crippen LogP) is 0.761. The smallest absolute Gasteiger partial charge is 0.209 e. The molecule has 1 aromatic rings. The number of hydrogen-bond acceptors (Lipinski definition) is 3. The fourth-order valence-electron chi connectivity index (χ4n) is 1.67. The van der Waals surface area contributed by atoms with E-state index in [-0.39, 0.29) is 12.4 Å². The second kappa shape index (κ2) is 5.14. The summed E-state index contributed by atoms with van der Waals surface area (Å²) in [5.74, 6) is 0. The highest BCUT2D eigenvalue weighted by molar-refractivity contribution is 7.88. The minimum Gasteiger partial charge on any atom is -0.309 e. The quantitative estimate of drug-likeness (QED) is 0.846. The third kappa shape index (κ3) is 3.45. The Morgan fingerprint density at radius 1 is 1.31 bits per heavy atom. The molecule has 0 saturated heterocycles. The monoisotopic (exact) mass is 262 g/mol. The number of halogens is 1. The average Bonchev–Trinajstić information content (AvgIpc) is 2.60. The van der Waals surface area contributed by atoms with Crippen LogP contribution in [0.25, 0.3) is 0 Å². The molecular formula is C10H15ClN2O2S. The largest absolute Gasteiger partial charge is 0.309 e. The molecule has 0 aliphatic carbocycles. The van der Waals surface area contributed by atoms with Crippen molar-refractivity contribution < 1.29 is 8.42 Å². The van der Waals surface area contributed by atoms with E-state index in [0.717, 1.165) is 18.7 Å². The molecule has 1 heterocycles. The molecule has 0 unspecified atom stereocenters. The van der Waals surface area contributed by atoms with Crippen molar-refractivity contribution in [2.45, 2.75) is 19.6 Å². The van der Waals surface area contributed by atoms with Gasteiger partial charge in [0.05, 0.1) is 6.26 Å². The zero-order chi connectivity index (χ0) is 10.9. The highest BCUT2D eigenvalue weighted by atomic mass is 35.5. The molecule has 0 aromatic heterocycles. The van der Waals surface area contributed by atoms with Crippen LogP contribution < -0.4 is 10.0 Å². The third-order valence-electron chi connectivity index (χ3n) is 2.44. The lowest BCUT2D eigenvalue weighted by Crippen LogP contribution is -2.21. The second-order valence-corrected chi connectivity index (χ2v) is 5.63. The van der Waals surface area contributed by atoms with Crippen LogP contribution >= 0.6 is 12.4 Å². The van der Waals surface area contributed by atoms with E-state index < -0.39 is 10.0 Å². The van der Waals surface area contributed by atoms with Crippen LogP contribution in [0.1, 0.15) is 16.7 Å². The molecule has 0 atom stereocenters. The number of hydrogen-bond donors (Lipinski definition) is 2. The summed E-state index contributed by atoms with van der Waals surface area (Å²) in [6, 6.07) is 6.06. The van der Waals surface area contributed by atoms with Crippen LogP contribution in [0.4, 0.5) is 0 Å². The summed E-state index contributed by atoms with van der Waals surface area (Å²) in [4.78, 5) is 0. The zero-order valence-corrected chi connectivity index (χ0v) is 10.6. The minimum absolute atomic E-state index is 0. The molecule has 0 spiro atoms. The molecule has 0 fully saturated rings. The fraction of sp³-hybridized carbons (Fsp3) is 0.400. The summed E-state index contributed by atoms with van der Waals surface area (Å²) in [5.41, 5.74) is 3.57. The van der Waals surface area contributed by atoms with Gasteiger partial charge in [-0.1, -0.05) is 18.2 Å². The van der Waals surface area contributed by atoms with Gasteiger partial charge in [-0.2, -0.15) is 0 Å². The Hall–Kier alpha value is -0.620. The van der Waals surface area contributed by atoms with Gasteiger partial charge in [0.1, 0.15) is 0 Å². The first-order chi connectivity index (χ1) is 7.04. The van der Waals surface area contributed by atoms with Crippen LogP contribution in [0, 0.1) is 0 Å². The normalized spacial score (nSPS) is 14.3. The zero-order valence-electron chi connectivity index (χ0n) is 8.99. The van der Waals surface area contributed by atoms with Crippen LogP contribution in [-0.4, -0.2) is 14.7 Å². The average molecular weight is 263 g/mol. The van der Waals surface area contributed by atoms with E-state index in [4.69, 9.17) is 0 Å². The van der Waals surface area contributed by atoms with Crippen molar-refractivity contribution in [2.24, 2.45) is 0 Å². The molecule has 16 heavy (non-hydrogen) atoms. The Bertz CT molecular complexity index is 474. The Balaban J connectivity index is 0.00000128. The molecule has 0 saturated carbocycles. The van der Waals surface area contributed by atoms with Crippen LogP contribution in [0.2, 0.25) is 0 Å². The van der Waals surface area contributed by atoms with Crippen molar-refractivity contribution in [1.82, 2.24) is 10.0 Å². The summed E-state index contributed by atoms with van der Waals surface area (Å²) < 4.78 is 24.3. The molecule has 0 bridgehead atoms. The van der Waals surface area contributed by atoms with Gasteiger partial charge in [-0.25, -0.2) is 13.1 Å². The summed E-state index contributed by atoms with van der Waals surface area (Å²) in [6.45, 7) is 2.16. The predicted molar refractivity (Wildman–Crippen MR) is 65.9 cm³/mol. The van der Waals surface area contributed by atoms with E-state index in [0.29, 0.717) is 6.54 Å². The first-order valence-electron chi connectivity index (χ1n) is 4.81. The lowest BCUT2D eigenvalue weighted by Gasteiger charge is -2.04. The first-order valence-corrected chi connectivity index (χ1v) is 6.70. The van der Waals surface area contributed by atoms with E-state index in [1.54, 1.807) is 0 Å². The van der Waals surface area contributed by atoms with Gasteiger partial charge in [0.25, 0.3) is 0 Å². The standard InChI is InChI=1S/C10H14N2O2S.ClH/c1-15(13,14)12-5-8-2-3-9-6-11-7-10(9)4-8;/h2-4,11-12H,5-7H2,1H3;1H. The molecule has 1 aromatic carbocycles. The molecule has 1 aliphatic heterocycles. The number of rotatable bonds is 3. The molecule has 0 radical (unpaired) electrons. The van der Waals surface area contributed by atoms with Gasteiger partial charge in [-0.15, -0.1) is 12.4 Å². The molecule has 0 amide bonds. The maximum Gasteiger partial charge on any atom is 0.209 e. The van der Waals surface area contributed by atoms with Crippen molar-refractivity contribution in [3.05, 3.63) is 34.9 Å². The molecule has 1 aliphatic rings. The lowest BCUT2D eigenvalue weighted by atomic mass is 10.1. The number of sulfonamides is 1. The maximum atomic E-state index is 10.9. The van der Waals surface area contributed by atoms with Gasteiger partial charge >= 0.3 is 0 Å². The van der Waals surface area contributed by atoms with Crippen LogP contribution in [0.3, 0.4) is 0 Å². The molecule has 2 rings (SSSR count). The van der Waals surface area contributed by atoms with Gasteiger partial charge in [-0.3, -0.25) is 0 Å². The maximum absolute atomic E-state index is 10.9. The number of fused-ring (bicyclic) bond motifs is 1. The van der Waals surface area contributed by atoms with Crippen molar-refractivity contribution in [2.75, 3.05) is 6.26 Å². The van der Waals surface area contributed by atoms with Crippen LogP contribution in [0.5, 0.6) is 0 Å². The Kier molecular flexibility index (Phi) is 4.32. The highest BCUT2D eigenvalue weighted by Crippen LogP contribution is 2.16. The summed E-state index contributed by atoms with van der Waals surface area (Å²) in [6.07, 6.45) is 1.17. The SMILES string of the molecule is CS(=O)(=O)NCc1ccc2c(c1)CNC2.Cl. The van der Waals surface area contributed by atoms with E-state index in [1.807, 2.05) is 12.1 Å². The number of nitrogens with one attached hydrogen (secondary N) is 2.